The van der Waals surface area contributed by atoms with Crippen LogP contribution in [-0.4, -0.2) is 11.1 Å². The molecule has 0 unspecified atom stereocenters. The van der Waals surface area contributed by atoms with Gasteiger partial charge in [0, 0.05) is 10.8 Å². The highest BCUT2D eigenvalue weighted by Gasteiger charge is 2.09. The predicted octanol–water partition coefficient (Wildman–Crippen LogP) is 3.21. The lowest BCUT2D eigenvalue weighted by Gasteiger charge is -1.97. The first kappa shape index (κ1) is 9.90. The summed E-state index contributed by atoms with van der Waals surface area (Å²) in [6.45, 7) is 0. The second-order valence-electron chi connectivity index (χ2n) is 3.99. The van der Waals surface area contributed by atoms with Crippen LogP contribution in [0.4, 0.5) is 0 Å². The van der Waals surface area contributed by atoms with Crippen LogP contribution >= 0.6 is 0 Å². The monoisotopic (exact) mass is 226 g/mol. The van der Waals surface area contributed by atoms with Crippen LogP contribution in [0.15, 0.2) is 46.9 Å². The third-order valence-corrected chi connectivity index (χ3v) is 2.79. The van der Waals surface area contributed by atoms with Crippen molar-refractivity contribution in [2.45, 2.75) is 6.42 Å². The first-order valence-electron chi connectivity index (χ1n) is 5.36. The molecule has 0 aliphatic rings. The minimum atomic E-state index is -0.881. The molecule has 0 bridgehead atoms. The summed E-state index contributed by atoms with van der Waals surface area (Å²) in [5, 5.41) is 11.8. The topological polar surface area (TPSA) is 50.4 Å². The fraction of sp³-hybridized carbons (Fsp3) is 0.0714. The number of fused-ring (bicyclic) bond motifs is 3. The standard InChI is InChI=1S/C14H10O3/c15-13(16)8-11-7-10-6-5-9-3-1-2-4-12(9)14(10)17-11/h1-7H,8H2,(H,15,16). The van der Waals surface area contributed by atoms with Crippen molar-refractivity contribution in [1.29, 1.82) is 0 Å². The normalized spacial score (nSPS) is 11.1. The molecule has 3 aromatic rings. The average Bonchev–Trinajstić information content (AvgIpc) is 2.70. The maximum atomic E-state index is 10.6. The number of hydrogen-bond donors (Lipinski definition) is 1. The minimum absolute atomic E-state index is 0.0804. The molecule has 0 radical (unpaired) electrons. The van der Waals surface area contributed by atoms with Crippen LogP contribution in [0.25, 0.3) is 21.7 Å². The fourth-order valence-electron chi connectivity index (χ4n) is 2.06. The summed E-state index contributed by atoms with van der Waals surface area (Å²) >= 11 is 0. The molecular weight excluding hydrogens is 216 g/mol. The van der Waals surface area contributed by atoms with E-state index in [1.807, 2.05) is 36.4 Å². The fourth-order valence-corrected chi connectivity index (χ4v) is 2.06. The van der Waals surface area contributed by atoms with E-state index in [9.17, 15) is 4.79 Å². The number of benzene rings is 2. The Balaban J connectivity index is 2.27. The van der Waals surface area contributed by atoms with Crippen LogP contribution in [0, 0.1) is 0 Å². The summed E-state index contributed by atoms with van der Waals surface area (Å²) in [5.74, 6) is -0.391. The van der Waals surface area contributed by atoms with Crippen molar-refractivity contribution in [1.82, 2.24) is 0 Å². The van der Waals surface area contributed by atoms with E-state index in [0.29, 0.717) is 5.76 Å². The van der Waals surface area contributed by atoms with Crippen LogP contribution in [0.2, 0.25) is 0 Å². The molecule has 1 N–H and O–H groups in total. The lowest BCUT2D eigenvalue weighted by Crippen LogP contribution is -1.97. The zero-order valence-electron chi connectivity index (χ0n) is 9.01. The summed E-state index contributed by atoms with van der Waals surface area (Å²) in [5.41, 5.74) is 0.763. The van der Waals surface area contributed by atoms with Gasteiger partial charge in [0.1, 0.15) is 17.8 Å². The Hall–Kier alpha value is -2.29. The van der Waals surface area contributed by atoms with E-state index in [4.69, 9.17) is 9.52 Å². The van der Waals surface area contributed by atoms with Gasteiger partial charge in [0.2, 0.25) is 0 Å². The smallest absolute Gasteiger partial charge is 0.311 e. The van der Waals surface area contributed by atoms with Gasteiger partial charge in [-0.3, -0.25) is 4.79 Å². The van der Waals surface area contributed by atoms with Crippen LogP contribution in [0.5, 0.6) is 0 Å². The molecule has 3 rings (SSSR count). The van der Waals surface area contributed by atoms with Crippen LogP contribution in [0.1, 0.15) is 5.76 Å². The molecule has 0 atom stereocenters. The summed E-state index contributed by atoms with van der Waals surface area (Å²) in [6.07, 6.45) is -0.0804. The van der Waals surface area contributed by atoms with E-state index in [-0.39, 0.29) is 6.42 Å². The third kappa shape index (κ3) is 1.65. The lowest BCUT2D eigenvalue weighted by atomic mass is 10.1. The number of furan rings is 1. The third-order valence-electron chi connectivity index (χ3n) is 2.79. The molecule has 2 aromatic carbocycles. The molecule has 1 heterocycles. The Labute approximate surface area is 97.3 Å². The van der Waals surface area contributed by atoms with Gasteiger partial charge in [0.25, 0.3) is 0 Å². The minimum Gasteiger partial charge on any atom is -0.481 e. The Morgan fingerprint density at radius 2 is 1.88 bits per heavy atom. The Kier molecular flexibility index (Phi) is 2.11. The summed E-state index contributed by atoms with van der Waals surface area (Å²) in [7, 11) is 0. The van der Waals surface area contributed by atoms with Crippen molar-refractivity contribution < 1.29 is 14.3 Å². The highest BCUT2D eigenvalue weighted by atomic mass is 16.4. The summed E-state index contributed by atoms with van der Waals surface area (Å²) in [4.78, 5) is 10.6. The average molecular weight is 226 g/mol. The Morgan fingerprint density at radius 3 is 2.71 bits per heavy atom. The van der Waals surface area contributed by atoms with Gasteiger partial charge in [0.05, 0.1) is 0 Å². The van der Waals surface area contributed by atoms with Gasteiger partial charge < -0.3 is 9.52 Å². The second kappa shape index (κ2) is 3.63. The van der Waals surface area contributed by atoms with Gasteiger partial charge in [-0.2, -0.15) is 0 Å². The number of carboxylic acid groups (broad SMARTS) is 1. The largest absolute Gasteiger partial charge is 0.481 e. The number of carboxylic acids is 1. The lowest BCUT2D eigenvalue weighted by molar-refractivity contribution is -0.136. The van der Waals surface area contributed by atoms with Crippen molar-refractivity contribution in [3.63, 3.8) is 0 Å². The Bertz CT molecular complexity index is 710. The molecule has 0 spiro atoms. The number of aliphatic carboxylic acids is 1. The van der Waals surface area contributed by atoms with Crippen LogP contribution < -0.4 is 0 Å². The zero-order chi connectivity index (χ0) is 11.8. The molecule has 0 fully saturated rings. The van der Waals surface area contributed by atoms with Gasteiger partial charge in [-0.1, -0.05) is 36.4 Å². The molecule has 84 valence electrons. The van der Waals surface area contributed by atoms with Crippen molar-refractivity contribution in [3.05, 3.63) is 48.2 Å². The SMILES string of the molecule is O=C(O)Cc1cc2ccc3ccccc3c2o1. The number of hydrogen-bond acceptors (Lipinski definition) is 2. The Morgan fingerprint density at radius 1 is 1.12 bits per heavy atom. The van der Waals surface area contributed by atoms with E-state index in [2.05, 4.69) is 0 Å². The molecule has 0 saturated carbocycles. The van der Waals surface area contributed by atoms with E-state index in [1.54, 1.807) is 6.07 Å². The maximum Gasteiger partial charge on any atom is 0.311 e. The van der Waals surface area contributed by atoms with Gasteiger partial charge in [-0.05, 0) is 11.5 Å². The van der Waals surface area contributed by atoms with Crippen LogP contribution in [0.3, 0.4) is 0 Å². The molecule has 1 aromatic heterocycles. The van der Waals surface area contributed by atoms with E-state index >= 15 is 0 Å². The summed E-state index contributed by atoms with van der Waals surface area (Å²) in [6, 6.07) is 13.6. The molecular formula is C14H10O3. The molecule has 3 nitrogen and oxygen atoms in total. The van der Waals surface area contributed by atoms with Crippen molar-refractivity contribution in [2.75, 3.05) is 0 Å². The number of carbonyl (C=O) groups is 1. The summed E-state index contributed by atoms with van der Waals surface area (Å²) < 4.78 is 5.61. The molecule has 17 heavy (non-hydrogen) atoms. The van der Waals surface area contributed by atoms with E-state index < -0.39 is 5.97 Å². The number of rotatable bonds is 2. The molecule has 0 saturated heterocycles. The van der Waals surface area contributed by atoms with Crippen LogP contribution in [-0.2, 0) is 11.2 Å². The molecule has 0 amide bonds. The highest BCUT2D eigenvalue weighted by molar-refractivity contribution is 6.04. The van der Waals surface area contributed by atoms with Gasteiger partial charge in [-0.15, -0.1) is 0 Å². The predicted molar refractivity (Wildman–Crippen MR) is 65.1 cm³/mol. The van der Waals surface area contributed by atoms with E-state index in [1.165, 1.54) is 0 Å². The first-order valence-corrected chi connectivity index (χ1v) is 5.36. The van der Waals surface area contributed by atoms with Gasteiger partial charge >= 0.3 is 5.97 Å². The van der Waals surface area contributed by atoms with E-state index in [0.717, 1.165) is 21.7 Å². The van der Waals surface area contributed by atoms with Crippen molar-refractivity contribution in [3.8, 4) is 0 Å². The second-order valence-corrected chi connectivity index (χ2v) is 3.99. The van der Waals surface area contributed by atoms with Gasteiger partial charge in [0.15, 0.2) is 0 Å². The first-order chi connectivity index (χ1) is 8.24. The zero-order valence-corrected chi connectivity index (χ0v) is 9.01. The maximum absolute atomic E-state index is 10.6. The van der Waals surface area contributed by atoms with Crippen molar-refractivity contribution in [2.24, 2.45) is 0 Å². The highest BCUT2D eigenvalue weighted by Crippen LogP contribution is 2.28. The molecule has 0 aliphatic carbocycles. The van der Waals surface area contributed by atoms with Gasteiger partial charge in [-0.25, -0.2) is 0 Å². The quantitative estimate of drug-likeness (QED) is 0.729. The molecule has 3 heteroatoms. The van der Waals surface area contributed by atoms with Crippen molar-refractivity contribution >= 4 is 27.7 Å². The molecule has 0 aliphatic heterocycles.